The van der Waals surface area contributed by atoms with Gasteiger partial charge in [0, 0.05) is 5.56 Å². The molecule has 0 bridgehead atoms. The maximum atomic E-state index is 4.83. The molecule has 2 nitrogen and oxygen atoms in total. The molecule has 2 aliphatic rings. The van der Waals surface area contributed by atoms with Gasteiger partial charge in [0.15, 0.2) is 0 Å². The highest BCUT2D eigenvalue weighted by Gasteiger charge is 2.36. The summed E-state index contributed by atoms with van der Waals surface area (Å²) in [7, 11) is 0. The van der Waals surface area contributed by atoms with Crippen molar-refractivity contribution in [3.8, 4) is 0 Å². The number of hydrogen-bond acceptors (Lipinski definition) is 3. The molecule has 1 saturated carbocycles. The van der Waals surface area contributed by atoms with Crippen LogP contribution in [0.25, 0.3) is 10.8 Å². The van der Waals surface area contributed by atoms with Crippen molar-refractivity contribution in [1.82, 2.24) is 5.43 Å². The zero-order valence-electron chi connectivity index (χ0n) is 15.7. The topological polar surface area (TPSA) is 24.4 Å². The van der Waals surface area contributed by atoms with Crippen LogP contribution in [0, 0.1) is 0 Å². The average Bonchev–Trinajstić information content (AvgIpc) is 3.09. The molecule has 0 unspecified atom stereocenters. The third-order valence-corrected chi connectivity index (χ3v) is 7.23. The minimum Gasteiger partial charge on any atom is -0.292 e. The molecule has 1 fully saturated rings. The fourth-order valence-corrected chi connectivity index (χ4v) is 5.64. The molecule has 26 heavy (non-hydrogen) atoms. The fraction of sp³-hybridized carbons (Fsp3) is 0.522. The van der Waals surface area contributed by atoms with Gasteiger partial charge in [-0.15, -0.1) is 0 Å². The Hall–Kier alpha value is -1.48. The maximum absolute atomic E-state index is 4.83. The van der Waals surface area contributed by atoms with Gasteiger partial charge in [-0.3, -0.25) is 5.43 Å². The van der Waals surface area contributed by atoms with Crippen LogP contribution < -0.4 is 5.43 Å². The van der Waals surface area contributed by atoms with E-state index in [1.165, 1.54) is 92.0 Å². The van der Waals surface area contributed by atoms with Gasteiger partial charge in [0.05, 0.1) is 0 Å². The third-order valence-electron chi connectivity index (χ3n) is 5.83. The van der Waals surface area contributed by atoms with E-state index in [1.54, 1.807) is 0 Å². The van der Waals surface area contributed by atoms with E-state index in [-0.39, 0.29) is 4.87 Å². The summed E-state index contributed by atoms with van der Waals surface area (Å²) in [4.78, 5) is 0.117. The lowest BCUT2D eigenvalue weighted by molar-refractivity contribution is 0.384. The largest absolute Gasteiger partial charge is 0.292 e. The molecule has 1 aliphatic heterocycles. The van der Waals surface area contributed by atoms with Crippen molar-refractivity contribution < 1.29 is 0 Å². The third kappa shape index (κ3) is 4.09. The Balaban J connectivity index is 1.52. The van der Waals surface area contributed by atoms with Crippen LogP contribution >= 0.6 is 11.8 Å². The lowest BCUT2D eigenvalue weighted by Crippen LogP contribution is -2.35. The number of hydrazone groups is 1. The molecule has 0 atom stereocenters. The Labute approximate surface area is 161 Å². The van der Waals surface area contributed by atoms with Crippen LogP contribution in [0.5, 0.6) is 0 Å². The lowest BCUT2D eigenvalue weighted by atomic mass is 9.98. The molecule has 4 rings (SSSR count). The van der Waals surface area contributed by atoms with Crippen LogP contribution in [0.2, 0.25) is 0 Å². The standard InChI is InChI=1S/C23H30N2S/c1-2-4-6-10-17-23(18-11-7-5-3-1)25-24-22(26-23)21-16-12-14-19-13-8-9-15-20(19)21/h8-9,12-16,25H,1-7,10-11,17-18H2. The molecule has 0 aromatic heterocycles. The predicted octanol–water partition coefficient (Wildman–Crippen LogP) is 6.84. The summed E-state index contributed by atoms with van der Waals surface area (Å²) >= 11 is 1.99. The van der Waals surface area contributed by atoms with Crippen LogP contribution in [0.15, 0.2) is 47.6 Å². The molecular formula is C23H30N2S. The van der Waals surface area contributed by atoms with Crippen molar-refractivity contribution in [2.24, 2.45) is 5.10 Å². The van der Waals surface area contributed by atoms with E-state index in [0.717, 1.165) is 0 Å². The summed E-state index contributed by atoms with van der Waals surface area (Å²) in [5.74, 6) is 0. The summed E-state index contributed by atoms with van der Waals surface area (Å²) in [5, 5.41) is 8.62. The summed E-state index contributed by atoms with van der Waals surface area (Å²) in [6.45, 7) is 0. The molecule has 0 amide bonds. The van der Waals surface area contributed by atoms with E-state index in [0.29, 0.717) is 0 Å². The first-order chi connectivity index (χ1) is 12.9. The number of thioether (sulfide) groups is 1. The number of nitrogens with one attached hydrogen (secondary N) is 1. The van der Waals surface area contributed by atoms with Crippen LogP contribution in [-0.4, -0.2) is 9.91 Å². The molecule has 138 valence electrons. The van der Waals surface area contributed by atoms with Crippen molar-refractivity contribution in [3.05, 3.63) is 48.0 Å². The number of benzene rings is 2. The van der Waals surface area contributed by atoms with Gasteiger partial charge in [-0.05, 0) is 23.6 Å². The van der Waals surface area contributed by atoms with Crippen molar-refractivity contribution in [2.45, 2.75) is 75.5 Å². The van der Waals surface area contributed by atoms with Gasteiger partial charge in [0.25, 0.3) is 0 Å². The highest BCUT2D eigenvalue weighted by atomic mass is 32.2. The Bertz CT molecular complexity index is 750. The Kier molecular flexibility index (Phi) is 5.84. The molecule has 0 saturated heterocycles. The predicted molar refractivity (Wildman–Crippen MR) is 115 cm³/mol. The minimum absolute atomic E-state index is 0.117. The van der Waals surface area contributed by atoms with Gasteiger partial charge in [-0.1, -0.05) is 112 Å². The molecule has 1 N–H and O–H groups in total. The van der Waals surface area contributed by atoms with Gasteiger partial charge < -0.3 is 0 Å². The quantitative estimate of drug-likeness (QED) is 0.597. The number of hydrogen-bond donors (Lipinski definition) is 1. The molecule has 3 heteroatoms. The van der Waals surface area contributed by atoms with Crippen LogP contribution in [-0.2, 0) is 0 Å². The minimum atomic E-state index is 0.117. The van der Waals surface area contributed by atoms with E-state index >= 15 is 0 Å². The average molecular weight is 367 g/mol. The first-order valence-corrected chi connectivity index (χ1v) is 11.2. The Morgan fingerprint density at radius 1 is 0.731 bits per heavy atom. The summed E-state index contributed by atoms with van der Waals surface area (Å²) in [5.41, 5.74) is 4.87. The van der Waals surface area contributed by atoms with Gasteiger partial charge in [-0.2, -0.15) is 5.10 Å². The summed E-state index contributed by atoms with van der Waals surface area (Å²) in [6, 6.07) is 15.2. The molecular weight excluding hydrogens is 336 g/mol. The fourth-order valence-electron chi connectivity index (χ4n) is 4.31. The van der Waals surface area contributed by atoms with E-state index in [9.17, 15) is 0 Å². The molecule has 2 aromatic rings. The van der Waals surface area contributed by atoms with Crippen molar-refractivity contribution in [2.75, 3.05) is 0 Å². The maximum Gasteiger partial charge on any atom is 0.126 e. The smallest absolute Gasteiger partial charge is 0.126 e. The number of nitrogens with zero attached hydrogens (tertiary/aromatic N) is 1. The van der Waals surface area contributed by atoms with Gasteiger partial charge in [0.1, 0.15) is 9.91 Å². The van der Waals surface area contributed by atoms with E-state index in [2.05, 4.69) is 47.9 Å². The zero-order chi connectivity index (χ0) is 17.7. The number of rotatable bonds is 1. The van der Waals surface area contributed by atoms with Gasteiger partial charge >= 0.3 is 0 Å². The molecule has 2 aromatic carbocycles. The molecule has 1 aliphatic carbocycles. The van der Waals surface area contributed by atoms with Gasteiger partial charge in [-0.25, -0.2) is 0 Å². The first-order valence-electron chi connectivity index (χ1n) is 10.4. The summed E-state index contributed by atoms with van der Waals surface area (Å²) < 4.78 is 0. The highest BCUT2D eigenvalue weighted by Crippen LogP contribution is 2.41. The van der Waals surface area contributed by atoms with Crippen molar-refractivity contribution in [1.29, 1.82) is 0 Å². The van der Waals surface area contributed by atoms with E-state index < -0.39 is 0 Å². The first kappa shape index (κ1) is 17.9. The van der Waals surface area contributed by atoms with Gasteiger partial charge in [0.2, 0.25) is 0 Å². The van der Waals surface area contributed by atoms with E-state index in [1.807, 2.05) is 11.8 Å². The Morgan fingerprint density at radius 2 is 1.35 bits per heavy atom. The molecule has 1 heterocycles. The molecule has 0 radical (unpaired) electrons. The van der Waals surface area contributed by atoms with Crippen LogP contribution in [0.3, 0.4) is 0 Å². The molecule has 1 spiro atoms. The van der Waals surface area contributed by atoms with Crippen molar-refractivity contribution in [3.63, 3.8) is 0 Å². The second-order valence-electron chi connectivity index (χ2n) is 7.83. The van der Waals surface area contributed by atoms with E-state index in [4.69, 9.17) is 5.10 Å². The second kappa shape index (κ2) is 8.47. The Morgan fingerprint density at radius 3 is 2.08 bits per heavy atom. The monoisotopic (exact) mass is 366 g/mol. The SMILES string of the molecule is c1ccc2c(C3=NNC4(CCCCCCCCCCC4)S3)cccc2c1. The zero-order valence-corrected chi connectivity index (χ0v) is 16.5. The number of fused-ring (bicyclic) bond motifs is 1. The normalized spacial score (nSPS) is 21.6. The van der Waals surface area contributed by atoms with Crippen LogP contribution in [0.1, 0.15) is 76.2 Å². The summed E-state index contributed by atoms with van der Waals surface area (Å²) in [6.07, 6.45) is 14.9. The second-order valence-corrected chi connectivity index (χ2v) is 9.21. The van der Waals surface area contributed by atoms with Crippen LogP contribution in [0.4, 0.5) is 0 Å². The van der Waals surface area contributed by atoms with Crippen molar-refractivity contribution >= 4 is 27.6 Å². The lowest BCUT2D eigenvalue weighted by Gasteiger charge is -2.28. The highest BCUT2D eigenvalue weighted by molar-refractivity contribution is 8.15.